The van der Waals surface area contributed by atoms with E-state index in [4.69, 9.17) is 11.6 Å². The lowest BCUT2D eigenvalue weighted by Crippen LogP contribution is -1.97. The summed E-state index contributed by atoms with van der Waals surface area (Å²) >= 11 is 5.91. The Hall–Kier alpha value is -3.00. The number of para-hydroxylation sites is 2. The maximum atomic E-state index is 10.8. The van der Waals surface area contributed by atoms with Crippen LogP contribution in [0.3, 0.4) is 0 Å². The predicted molar refractivity (Wildman–Crippen MR) is 82.4 cm³/mol. The van der Waals surface area contributed by atoms with E-state index in [1.165, 1.54) is 42.6 Å². The van der Waals surface area contributed by atoms with Crippen LogP contribution < -0.4 is 5.43 Å². The summed E-state index contributed by atoms with van der Waals surface area (Å²) in [4.78, 5) is 20.5. The Morgan fingerprint density at radius 1 is 1.09 bits per heavy atom. The van der Waals surface area contributed by atoms with Crippen molar-refractivity contribution in [3.8, 4) is 0 Å². The van der Waals surface area contributed by atoms with Crippen molar-refractivity contribution >= 4 is 34.9 Å². The van der Waals surface area contributed by atoms with Gasteiger partial charge in [0.05, 0.1) is 16.1 Å². The monoisotopic (exact) mass is 320 g/mol. The fourth-order valence-electron chi connectivity index (χ4n) is 1.64. The van der Waals surface area contributed by atoms with E-state index in [0.717, 1.165) is 0 Å². The number of nitro groups is 2. The van der Waals surface area contributed by atoms with Gasteiger partial charge in [0.2, 0.25) is 0 Å². The molecule has 0 aromatic heterocycles. The molecular weight excluding hydrogens is 312 g/mol. The van der Waals surface area contributed by atoms with Crippen LogP contribution in [0.5, 0.6) is 0 Å². The summed E-state index contributed by atoms with van der Waals surface area (Å²) in [6.07, 6.45) is 1.26. The molecule has 112 valence electrons. The number of hydrogen-bond acceptors (Lipinski definition) is 6. The summed E-state index contributed by atoms with van der Waals surface area (Å²) in [5.74, 6) is 0. The standard InChI is InChI=1S/C13H9ClN4O4/c14-11-6-5-10(17(19)20)7-9(11)8-15-16-12-3-1-2-4-13(12)18(21)22/h1-8,16H. The molecule has 0 bridgehead atoms. The molecule has 2 aromatic rings. The molecule has 0 heterocycles. The highest BCUT2D eigenvalue weighted by atomic mass is 35.5. The Bertz CT molecular complexity index is 763. The molecule has 2 rings (SSSR count). The highest BCUT2D eigenvalue weighted by Crippen LogP contribution is 2.24. The smallest absolute Gasteiger partial charge is 0.272 e. The molecule has 0 aliphatic rings. The molecule has 0 saturated carbocycles. The fraction of sp³-hybridized carbons (Fsp3) is 0. The molecule has 22 heavy (non-hydrogen) atoms. The van der Waals surface area contributed by atoms with E-state index in [1.54, 1.807) is 6.07 Å². The van der Waals surface area contributed by atoms with Crippen molar-refractivity contribution in [1.29, 1.82) is 0 Å². The largest absolute Gasteiger partial charge is 0.294 e. The van der Waals surface area contributed by atoms with Crippen molar-refractivity contribution in [2.45, 2.75) is 0 Å². The van der Waals surface area contributed by atoms with Crippen LogP contribution in [0.4, 0.5) is 17.1 Å². The van der Waals surface area contributed by atoms with Crippen LogP contribution in [0.25, 0.3) is 0 Å². The van der Waals surface area contributed by atoms with Gasteiger partial charge < -0.3 is 0 Å². The van der Waals surface area contributed by atoms with Gasteiger partial charge in [0, 0.05) is 28.8 Å². The average Bonchev–Trinajstić information content (AvgIpc) is 2.49. The summed E-state index contributed by atoms with van der Waals surface area (Å²) in [7, 11) is 0. The molecule has 0 saturated heterocycles. The molecule has 0 aliphatic heterocycles. The Labute approximate surface area is 129 Å². The second-order valence-corrected chi connectivity index (χ2v) is 4.51. The summed E-state index contributed by atoms with van der Waals surface area (Å²) in [6, 6.07) is 9.88. The number of rotatable bonds is 5. The van der Waals surface area contributed by atoms with Crippen LogP contribution in [0.15, 0.2) is 47.6 Å². The van der Waals surface area contributed by atoms with Gasteiger partial charge in [0.25, 0.3) is 11.4 Å². The molecule has 0 amide bonds. The van der Waals surface area contributed by atoms with E-state index in [0.29, 0.717) is 5.56 Å². The van der Waals surface area contributed by atoms with Gasteiger partial charge in [-0.15, -0.1) is 0 Å². The molecular formula is C13H9ClN4O4. The van der Waals surface area contributed by atoms with Gasteiger partial charge in [-0.1, -0.05) is 23.7 Å². The molecule has 2 aromatic carbocycles. The summed E-state index contributed by atoms with van der Waals surface area (Å²) in [5, 5.41) is 25.7. The first-order valence-electron chi connectivity index (χ1n) is 5.95. The topological polar surface area (TPSA) is 111 Å². The molecule has 8 nitrogen and oxygen atoms in total. The van der Waals surface area contributed by atoms with E-state index in [1.807, 2.05) is 0 Å². The van der Waals surface area contributed by atoms with Crippen LogP contribution >= 0.6 is 11.6 Å². The molecule has 0 unspecified atom stereocenters. The summed E-state index contributed by atoms with van der Waals surface area (Å²) in [5.41, 5.74) is 2.78. The maximum Gasteiger partial charge on any atom is 0.294 e. The number of benzene rings is 2. The van der Waals surface area contributed by atoms with Gasteiger partial charge in [-0.25, -0.2) is 0 Å². The van der Waals surface area contributed by atoms with Gasteiger partial charge in [-0.05, 0) is 12.1 Å². The average molecular weight is 321 g/mol. The molecule has 9 heteroatoms. The first-order valence-corrected chi connectivity index (χ1v) is 6.33. The zero-order chi connectivity index (χ0) is 16.1. The minimum Gasteiger partial charge on any atom is -0.272 e. The first-order chi connectivity index (χ1) is 10.5. The minimum absolute atomic E-state index is 0.128. The van der Waals surface area contributed by atoms with Crippen LogP contribution in [0.2, 0.25) is 5.02 Å². The number of hydrazone groups is 1. The third kappa shape index (κ3) is 3.55. The van der Waals surface area contributed by atoms with Gasteiger partial charge in [0.15, 0.2) is 0 Å². The van der Waals surface area contributed by atoms with Crippen LogP contribution in [0.1, 0.15) is 5.56 Å². The Morgan fingerprint density at radius 2 is 1.82 bits per heavy atom. The fourth-order valence-corrected chi connectivity index (χ4v) is 1.81. The van der Waals surface area contributed by atoms with Crippen molar-refractivity contribution in [3.63, 3.8) is 0 Å². The number of nitrogens with one attached hydrogen (secondary N) is 1. The van der Waals surface area contributed by atoms with Gasteiger partial charge in [0.1, 0.15) is 5.69 Å². The highest BCUT2D eigenvalue weighted by molar-refractivity contribution is 6.33. The van der Waals surface area contributed by atoms with E-state index in [-0.39, 0.29) is 22.1 Å². The second-order valence-electron chi connectivity index (χ2n) is 4.11. The van der Waals surface area contributed by atoms with Crippen LogP contribution in [0, 0.1) is 20.2 Å². The number of anilines is 1. The zero-order valence-electron chi connectivity index (χ0n) is 11.0. The molecule has 0 atom stereocenters. The van der Waals surface area contributed by atoms with Gasteiger partial charge in [-0.2, -0.15) is 5.10 Å². The van der Waals surface area contributed by atoms with Crippen molar-refractivity contribution in [2.24, 2.45) is 5.10 Å². The van der Waals surface area contributed by atoms with E-state index in [2.05, 4.69) is 10.5 Å². The molecule has 0 radical (unpaired) electrons. The SMILES string of the molecule is O=[N+]([O-])c1ccc(Cl)c(C=NNc2ccccc2[N+](=O)[O-])c1. The number of nitro benzene ring substituents is 2. The number of non-ortho nitro benzene ring substituents is 1. The van der Waals surface area contributed by atoms with E-state index >= 15 is 0 Å². The van der Waals surface area contributed by atoms with Crippen molar-refractivity contribution < 1.29 is 9.85 Å². The Kier molecular flexibility index (Phi) is 4.64. The van der Waals surface area contributed by atoms with Gasteiger partial charge in [-0.3, -0.25) is 25.7 Å². The maximum absolute atomic E-state index is 10.8. The minimum atomic E-state index is -0.552. The van der Waals surface area contributed by atoms with Crippen molar-refractivity contribution in [1.82, 2.24) is 0 Å². The molecule has 1 N–H and O–H groups in total. The predicted octanol–water partition coefficient (Wildman–Crippen LogP) is 3.60. The zero-order valence-corrected chi connectivity index (χ0v) is 11.7. The third-order valence-electron chi connectivity index (χ3n) is 2.68. The lowest BCUT2D eigenvalue weighted by Gasteiger charge is -2.02. The lowest BCUT2D eigenvalue weighted by molar-refractivity contribution is -0.384. The molecule has 0 aliphatic carbocycles. The van der Waals surface area contributed by atoms with Crippen LogP contribution in [-0.2, 0) is 0 Å². The highest BCUT2D eigenvalue weighted by Gasteiger charge is 2.11. The number of hydrogen-bond donors (Lipinski definition) is 1. The van der Waals surface area contributed by atoms with Crippen LogP contribution in [-0.4, -0.2) is 16.1 Å². The van der Waals surface area contributed by atoms with Gasteiger partial charge >= 0.3 is 0 Å². The second kappa shape index (κ2) is 6.64. The Morgan fingerprint density at radius 3 is 2.50 bits per heavy atom. The van der Waals surface area contributed by atoms with Crippen molar-refractivity contribution in [2.75, 3.05) is 5.43 Å². The van der Waals surface area contributed by atoms with Crippen molar-refractivity contribution in [3.05, 3.63) is 73.3 Å². The molecule has 0 fully saturated rings. The first kappa shape index (κ1) is 15.4. The third-order valence-corrected chi connectivity index (χ3v) is 3.02. The molecule has 0 spiro atoms. The summed E-state index contributed by atoms with van der Waals surface area (Å²) < 4.78 is 0. The lowest BCUT2D eigenvalue weighted by atomic mass is 10.2. The van der Waals surface area contributed by atoms with E-state index < -0.39 is 9.85 Å². The summed E-state index contributed by atoms with van der Waals surface area (Å²) in [6.45, 7) is 0. The van der Waals surface area contributed by atoms with E-state index in [9.17, 15) is 20.2 Å². The number of halogens is 1. The quantitative estimate of drug-likeness (QED) is 0.514. The number of nitrogens with zero attached hydrogens (tertiary/aromatic N) is 3. The normalized spacial score (nSPS) is 10.6. The Balaban J connectivity index is 2.22.